The van der Waals surface area contributed by atoms with E-state index in [1.54, 1.807) is 4.90 Å². The van der Waals surface area contributed by atoms with Gasteiger partial charge in [-0.2, -0.15) is 26.3 Å². The first-order valence-electron chi connectivity index (χ1n) is 7.48. The SMILES string of the molecule is C=CC[C@@H](c1cc(C(F)(F)F)ccc1C(F)(F)F)N1CCNCC1.Cl.Cl. The van der Waals surface area contributed by atoms with Crippen LogP contribution in [0.5, 0.6) is 0 Å². The molecule has 1 aromatic carbocycles. The van der Waals surface area contributed by atoms with Crippen LogP contribution >= 0.6 is 24.8 Å². The Balaban J connectivity index is 0.00000312. The highest BCUT2D eigenvalue weighted by Crippen LogP contribution is 2.41. The summed E-state index contributed by atoms with van der Waals surface area (Å²) in [5.74, 6) is 0. The van der Waals surface area contributed by atoms with Crippen LogP contribution in [0.4, 0.5) is 26.3 Å². The van der Waals surface area contributed by atoms with Crippen LogP contribution in [-0.2, 0) is 12.4 Å². The van der Waals surface area contributed by atoms with Gasteiger partial charge in [-0.1, -0.05) is 6.08 Å². The molecule has 1 aliphatic rings. The number of hydrogen-bond acceptors (Lipinski definition) is 2. The van der Waals surface area contributed by atoms with Crippen LogP contribution in [-0.4, -0.2) is 31.1 Å². The highest BCUT2D eigenvalue weighted by molar-refractivity contribution is 5.85. The lowest BCUT2D eigenvalue weighted by molar-refractivity contribution is -0.142. The van der Waals surface area contributed by atoms with Gasteiger partial charge in [-0.05, 0) is 30.2 Å². The summed E-state index contributed by atoms with van der Waals surface area (Å²) in [5, 5.41) is 3.07. The van der Waals surface area contributed by atoms with Crippen LogP contribution < -0.4 is 5.32 Å². The molecule has 0 unspecified atom stereocenters. The van der Waals surface area contributed by atoms with Crippen LogP contribution in [0, 0.1) is 0 Å². The molecule has 1 saturated heterocycles. The molecular formula is C16H20Cl2F6N2. The summed E-state index contributed by atoms with van der Waals surface area (Å²) in [6.45, 7) is 5.62. The van der Waals surface area contributed by atoms with Crippen molar-refractivity contribution in [2.24, 2.45) is 0 Å². The van der Waals surface area contributed by atoms with E-state index in [1.807, 2.05) is 0 Å². The molecule has 0 bridgehead atoms. The number of rotatable bonds is 4. The summed E-state index contributed by atoms with van der Waals surface area (Å²) in [6.07, 6.45) is -7.83. The van der Waals surface area contributed by atoms with E-state index in [4.69, 9.17) is 0 Å². The predicted octanol–water partition coefficient (Wildman–Crippen LogP) is 5.09. The standard InChI is InChI=1S/C16H18F6N2.2ClH/c1-2-3-14(24-8-6-23-7-9-24)12-10-11(15(17,18)19)4-5-13(12)16(20,21)22;;/h2,4-5,10,14,23H,1,3,6-9H2;2*1H/t14-;;/m0../s1. The zero-order chi connectivity index (χ0) is 18.0. The quantitative estimate of drug-likeness (QED) is 0.534. The molecule has 1 aromatic rings. The van der Waals surface area contributed by atoms with Gasteiger partial charge in [-0.3, -0.25) is 4.90 Å². The van der Waals surface area contributed by atoms with Gasteiger partial charge in [-0.25, -0.2) is 0 Å². The van der Waals surface area contributed by atoms with Crippen molar-refractivity contribution in [2.75, 3.05) is 26.2 Å². The van der Waals surface area contributed by atoms with Gasteiger partial charge in [0, 0.05) is 32.2 Å². The molecule has 0 amide bonds. The number of hydrogen-bond donors (Lipinski definition) is 1. The van der Waals surface area contributed by atoms with Crippen LogP contribution in [0.15, 0.2) is 30.9 Å². The van der Waals surface area contributed by atoms with E-state index >= 15 is 0 Å². The minimum atomic E-state index is -4.72. The molecule has 0 spiro atoms. The first-order valence-corrected chi connectivity index (χ1v) is 7.48. The fourth-order valence-electron chi connectivity index (χ4n) is 2.90. The van der Waals surface area contributed by atoms with E-state index in [9.17, 15) is 26.3 Å². The van der Waals surface area contributed by atoms with Crippen LogP contribution in [0.3, 0.4) is 0 Å². The molecule has 2 nitrogen and oxygen atoms in total. The zero-order valence-electron chi connectivity index (χ0n) is 13.7. The van der Waals surface area contributed by atoms with Crippen molar-refractivity contribution in [3.05, 3.63) is 47.5 Å². The first-order chi connectivity index (χ1) is 11.1. The second-order valence-corrected chi connectivity index (χ2v) is 5.62. The minimum Gasteiger partial charge on any atom is -0.314 e. The summed E-state index contributed by atoms with van der Waals surface area (Å²) in [7, 11) is 0. The summed E-state index contributed by atoms with van der Waals surface area (Å²) < 4.78 is 78.8. The minimum absolute atomic E-state index is 0. The van der Waals surface area contributed by atoms with E-state index in [0.29, 0.717) is 44.4 Å². The molecule has 26 heavy (non-hydrogen) atoms. The molecule has 0 saturated carbocycles. The van der Waals surface area contributed by atoms with E-state index in [-0.39, 0.29) is 36.8 Å². The Bertz CT molecular complexity index is 583. The summed E-state index contributed by atoms with van der Waals surface area (Å²) in [6, 6.07) is 0.841. The van der Waals surface area contributed by atoms with E-state index in [1.165, 1.54) is 6.08 Å². The smallest absolute Gasteiger partial charge is 0.314 e. The fraction of sp³-hybridized carbons (Fsp3) is 0.500. The van der Waals surface area contributed by atoms with Crippen LogP contribution in [0.2, 0.25) is 0 Å². The second-order valence-electron chi connectivity index (χ2n) is 5.62. The predicted molar refractivity (Wildman–Crippen MR) is 92.9 cm³/mol. The lowest BCUT2D eigenvalue weighted by atomic mass is 9.93. The normalized spacial score (nSPS) is 17.0. The fourth-order valence-corrected chi connectivity index (χ4v) is 2.90. The van der Waals surface area contributed by atoms with Crippen molar-refractivity contribution in [3.63, 3.8) is 0 Å². The van der Waals surface area contributed by atoms with Gasteiger partial charge in [0.05, 0.1) is 11.1 Å². The molecule has 1 fully saturated rings. The molecular weight excluding hydrogens is 405 g/mol. The largest absolute Gasteiger partial charge is 0.416 e. The van der Waals surface area contributed by atoms with Gasteiger partial charge in [0.2, 0.25) is 0 Å². The second kappa shape index (κ2) is 9.82. The average Bonchev–Trinajstić information content (AvgIpc) is 2.51. The summed E-state index contributed by atoms with van der Waals surface area (Å²) in [4.78, 5) is 1.77. The lowest BCUT2D eigenvalue weighted by Crippen LogP contribution is -2.45. The molecule has 2 rings (SSSR count). The molecule has 1 N–H and O–H groups in total. The van der Waals surface area contributed by atoms with Crippen molar-refractivity contribution in [2.45, 2.75) is 24.8 Å². The Morgan fingerprint density at radius 2 is 1.62 bits per heavy atom. The molecule has 0 radical (unpaired) electrons. The Kier molecular flexibility index (Phi) is 9.46. The Morgan fingerprint density at radius 3 is 2.08 bits per heavy atom. The average molecular weight is 425 g/mol. The molecule has 1 heterocycles. The van der Waals surface area contributed by atoms with Crippen LogP contribution in [0.25, 0.3) is 0 Å². The van der Waals surface area contributed by atoms with E-state index in [0.717, 1.165) is 0 Å². The molecule has 0 aromatic heterocycles. The van der Waals surface area contributed by atoms with Crippen molar-refractivity contribution in [1.82, 2.24) is 10.2 Å². The Hall–Kier alpha value is -0.960. The lowest BCUT2D eigenvalue weighted by Gasteiger charge is -2.36. The van der Waals surface area contributed by atoms with Gasteiger partial charge in [0.25, 0.3) is 0 Å². The first kappa shape index (κ1) is 25.0. The maximum absolute atomic E-state index is 13.3. The summed E-state index contributed by atoms with van der Waals surface area (Å²) >= 11 is 0. The van der Waals surface area contributed by atoms with Gasteiger partial charge >= 0.3 is 12.4 Å². The zero-order valence-corrected chi connectivity index (χ0v) is 15.3. The molecule has 10 heteroatoms. The van der Waals surface area contributed by atoms with Gasteiger partial charge in [0.1, 0.15) is 0 Å². The number of nitrogens with zero attached hydrogens (tertiary/aromatic N) is 1. The van der Waals surface area contributed by atoms with E-state index < -0.39 is 29.5 Å². The van der Waals surface area contributed by atoms with Gasteiger partial charge in [0.15, 0.2) is 0 Å². The number of alkyl halides is 6. The van der Waals surface area contributed by atoms with Crippen LogP contribution in [0.1, 0.15) is 29.2 Å². The maximum Gasteiger partial charge on any atom is 0.416 e. The third-order valence-electron chi connectivity index (χ3n) is 4.03. The molecule has 1 aliphatic heterocycles. The Labute approximate surface area is 160 Å². The number of halogens is 8. The highest BCUT2D eigenvalue weighted by atomic mass is 35.5. The van der Waals surface area contributed by atoms with Crippen molar-refractivity contribution < 1.29 is 26.3 Å². The molecule has 0 aliphatic carbocycles. The molecule has 1 atom stereocenters. The monoisotopic (exact) mass is 424 g/mol. The van der Waals surface area contributed by atoms with Crippen molar-refractivity contribution in [1.29, 1.82) is 0 Å². The summed E-state index contributed by atoms with van der Waals surface area (Å²) in [5.41, 5.74) is -2.45. The molecule has 150 valence electrons. The van der Waals surface area contributed by atoms with Crippen molar-refractivity contribution >= 4 is 24.8 Å². The van der Waals surface area contributed by atoms with Gasteiger partial charge in [-0.15, -0.1) is 31.4 Å². The number of nitrogens with one attached hydrogen (secondary N) is 1. The maximum atomic E-state index is 13.3. The Morgan fingerprint density at radius 1 is 1.04 bits per heavy atom. The van der Waals surface area contributed by atoms with Gasteiger partial charge < -0.3 is 5.32 Å². The third kappa shape index (κ3) is 6.04. The van der Waals surface area contributed by atoms with E-state index in [2.05, 4.69) is 11.9 Å². The highest BCUT2D eigenvalue weighted by Gasteiger charge is 2.39. The third-order valence-corrected chi connectivity index (χ3v) is 4.03. The topological polar surface area (TPSA) is 15.3 Å². The number of benzene rings is 1. The van der Waals surface area contributed by atoms with Crippen molar-refractivity contribution in [3.8, 4) is 0 Å². The number of piperazine rings is 1.